The van der Waals surface area contributed by atoms with Crippen LogP contribution in [0.2, 0.25) is 0 Å². The topological polar surface area (TPSA) is 37.3 Å². The molecule has 3 rings (SSSR count). The van der Waals surface area contributed by atoms with Crippen LogP contribution in [0.3, 0.4) is 0 Å². The summed E-state index contributed by atoms with van der Waals surface area (Å²) in [5.41, 5.74) is 0.192. The first-order valence-electron chi connectivity index (χ1n) is 6.40. The van der Waals surface area contributed by atoms with E-state index in [1.807, 2.05) is 0 Å². The Kier molecular flexibility index (Phi) is 1.93. The van der Waals surface area contributed by atoms with Gasteiger partial charge in [0.15, 0.2) is 0 Å². The van der Waals surface area contributed by atoms with Gasteiger partial charge in [-0.3, -0.25) is 4.79 Å². The highest BCUT2D eigenvalue weighted by Gasteiger charge is 2.63. The van der Waals surface area contributed by atoms with Crippen molar-refractivity contribution in [1.29, 1.82) is 0 Å². The first kappa shape index (κ1) is 9.68. The van der Waals surface area contributed by atoms with Crippen LogP contribution in [0.1, 0.15) is 57.8 Å². The van der Waals surface area contributed by atoms with Crippen LogP contribution in [0.5, 0.6) is 0 Å². The summed E-state index contributed by atoms with van der Waals surface area (Å²) >= 11 is 0. The van der Waals surface area contributed by atoms with E-state index in [1.54, 1.807) is 0 Å². The summed E-state index contributed by atoms with van der Waals surface area (Å²) in [6, 6.07) is 0. The molecular weight excluding hydrogens is 188 g/mol. The van der Waals surface area contributed by atoms with Crippen molar-refractivity contribution in [2.75, 3.05) is 0 Å². The molecule has 0 heterocycles. The lowest BCUT2D eigenvalue weighted by Crippen LogP contribution is -2.57. The van der Waals surface area contributed by atoms with Gasteiger partial charge in [0.1, 0.15) is 0 Å². The van der Waals surface area contributed by atoms with Crippen LogP contribution < -0.4 is 0 Å². The molecule has 2 heteroatoms. The average molecular weight is 208 g/mol. The van der Waals surface area contributed by atoms with Gasteiger partial charge in [-0.25, -0.2) is 0 Å². The number of rotatable bonds is 2. The summed E-state index contributed by atoms with van der Waals surface area (Å²) in [5, 5.41) is 9.50. The monoisotopic (exact) mass is 208 g/mol. The van der Waals surface area contributed by atoms with E-state index < -0.39 is 5.97 Å². The van der Waals surface area contributed by atoms with Crippen molar-refractivity contribution in [3.8, 4) is 0 Å². The maximum absolute atomic E-state index is 11.5. The summed E-state index contributed by atoms with van der Waals surface area (Å²) in [4.78, 5) is 11.5. The largest absolute Gasteiger partial charge is 0.481 e. The normalized spacial score (nSPS) is 32.3. The molecular formula is C13H20O2. The second kappa shape index (κ2) is 2.99. The SMILES string of the molecule is O=C(O)C1(C2CCCC2)CC2(CCC2)C1. The molecule has 0 radical (unpaired) electrons. The van der Waals surface area contributed by atoms with Gasteiger partial charge in [-0.05, 0) is 49.9 Å². The van der Waals surface area contributed by atoms with Gasteiger partial charge < -0.3 is 5.11 Å². The molecule has 1 N–H and O–H groups in total. The number of carbonyl (C=O) groups is 1. The molecule has 0 atom stereocenters. The summed E-state index contributed by atoms with van der Waals surface area (Å²) < 4.78 is 0. The van der Waals surface area contributed by atoms with Gasteiger partial charge in [-0.1, -0.05) is 19.3 Å². The average Bonchev–Trinajstić information content (AvgIpc) is 2.51. The maximum atomic E-state index is 11.5. The molecule has 84 valence electrons. The van der Waals surface area contributed by atoms with Gasteiger partial charge in [-0.15, -0.1) is 0 Å². The lowest BCUT2D eigenvalue weighted by Gasteiger charge is -2.61. The van der Waals surface area contributed by atoms with Crippen LogP contribution in [-0.2, 0) is 4.79 Å². The van der Waals surface area contributed by atoms with E-state index in [4.69, 9.17) is 0 Å². The zero-order valence-corrected chi connectivity index (χ0v) is 9.30. The molecule has 3 aliphatic rings. The van der Waals surface area contributed by atoms with Gasteiger partial charge in [0, 0.05) is 0 Å². The van der Waals surface area contributed by atoms with Crippen LogP contribution in [-0.4, -0.2) is 11.1 Å². The maximum Gasteiger partial charge on any atom is 0.309 e. The van der Waals surface area contributed by atoms with Crippen LogP contribution in [0.15, 0.2) is 0 Å². The Morgan fingerprint density at radius 3 is 2.07 bits per heavy atom. The highest BCUT2D eigenvalue weighted by atomic mass is 16.4. The minimum absolute atomic E-state index is 0.295. The molecule has 3 aliphatic carbocycles. The standard InChI is InChI=1S/C13H20O2/c14-11(15)13(10-4-1-2-5-10)8-12(9-13)6-3-7-12/h10H,1-9H2,(H,14,15). The zero-order valence-electron chi connectivity index (χ0n) is 9.30. The van der Waals surface area contributed by atoms with Gasteiger partial charge in [0.05, 0.1) is 5.41 Å². The lowest BCUT2D eigenvalue weighted by molar-refractivity contribution is -0.185. The number of hydrogen-bond acceptors (Lipinski definition) is 1. The number of carboxylic acid groups (broad SMARTS) is 1. The predicted octanol–water partition coefficient (Wildman–Crippen LogP) is 3.21. The predicted molar refractivity (Wildman–Crippen MR) is 57.5 cm³/mol. The van der Waals surface area contributed by atoms with Gasteiger partial charge in [-0.2, -0.15) is 0 Å². The Hall–Kier alpha value is -0.530. The second-order valence-electron chi connectivity index (χ2n) is 6.15. The molecule has 15 heavy (non-hydrogen) atoms. The Morgan fingerprint density at radius 1 is 1.07 bits per heavy atom. The third-order valence-corrected chi connectivity index (χ3v) is 5.36. The third-order valence-electron chi connectivity index (χ3n) is 5.36. The van der Waals surface area contributed by atoms with Gasteiger partial charge >= 0.3 is 5.97 Å². The van der Waals surface area contributed by atoms with E-state index >= 15 is 0 Å². The highest BCUT2D eigenvalue weighted by molar-refractivity contribution is 5.77. The molecule has 0 aliphatic heterocycles. The Bertz CT molecular complexity index is 277. The fraction of sp³-hybridized carbons (Fsp3) is 0.923. The fourth-order valence-corrected chi connectivity index (χ4v) is 4.41. The lowest BCUT2D eigenvalue weighted by atomic mass is 9.42. The summed E-state index contributed by atoms with van der Waals surface area (Å²) in [6.07, 6.45) is 10.8. The molecule has 0 unspecified atom stereocenters. The molecule has 0 saturated heterocycles. The van der Waals surface area contributed by atoms with Crippen molar-refractivity contribution in [3.63, 3.8) is 0 Å². The number of carboxylic acids is 1. The van der Waals surface area contributed by atoms with Crippen LogP contribution in [0.4, 0.5) is 0 Å². The third kappa shape index (κ3) is 1.20. The van der Waals surface area contributed by atoms with E-state index in [1.165, 1.54) is 44.9 Å². The van der Waals surface area contributed by atoms with Crippen molar-refractivity contribution in [2.24, 2.45) is 16.7 Å². The quantitative estimate of drug-likeness (QED) is 0.756. The van der Waals surface area contributed by atoms with Gasteiger partial charge in [0.2, 0.25) is 0 Å². The minimum Gasteiger partial charge on any atom is -0.481 e. The highest BCUT2D eigenvalue weighted by Crippen LogP contribution is 2.68. The Morgan fingerprint density at radius 2 is 1.67 bits per heavy atom. The first-order valence-corrected chi connectivity index (χ1v) is 6.40. The van der Waals surface area contributed by atoms with Crippen molar-refractivity contribution in [1.82, 2.24) is 0 Å². The Balaban J connectivity index is 1.76. The van der Waals surface area contributed by atoms with Gasteiger partial charge in [0.25, 0.3) is 0 Å². The van der Waals surface area contributed by atoms with Crippen LogP contribution >= 0.6 is 0 Å². The number of aliphatic carboxylic acids is 1. The van der Waals surface area contributed by atoms with E-state index in [0.717, 1.165) is 12.8 Å². The van der Waals surface area contributed by atoms with Crippen molar-refractivity contribution < 1.29 is 9.90 Å². The molecule has 0 amide bonds. The molecule has 3 fully saturated rings. The molecule has 0 aromatic heterocycles. The molecule has 0 aromatic carbocycles. The van der Waals surface area contributed by atoms with E-state index in [0.29, 0.717) is 11.3 Å². The van der Waals surface area contributed by atoms with Crippen LogP contribution in [0, 0.1) is 16.7 Å². The van der Waals surface area contributed by atoms with E-state index in [2.05, 4.69) is 0 Å². The first-order chi connectivity index (χ1) is 7.17. The van der Waals surface area contributed by atoms with Crippen molar-refractivity contribution >= 4 is 5.97 Å². The van der Waals surface area contributed by atoms with E-state index in [-0.39, 0.29) is 5.41 Å². The Labute approximate surface area is 91.1 Å². The van der Waals surface area contributed by atoms with E-state index in [9.17, 15) is 9.90 Å². The van der Waals surface area contributed by atoms with Crippen molar-refractivity contribution in [3.05, 3.63) is 0 Å². The smallest absolute Gasteiger partial charge is 0.309 e. The molecule has 0 bridgehead atoms. The summed E-state index contributed by atoms with van der Waals surface area (Å²) in [6.45, 7) is 0. The van der Waals surface area contributed by atoms with Crippen LogP contribution in [0.25, 0.3) is 0 Å². The molecule has 0 aromatic rings. The second-order valence-corrected chi connectivity index (χ2v) is 6.15. The summed E-state index contributed by atoms with van der Waals surface area (Å²) in [7, 11) is 0. The minimum atomic E-state index is -0.494. The van der Waals surface area contributed by atoms with Crippen molar-refractivity contribution in [2.45, 2.75) is 57.8 Å². The molecule has 3 saturated carbocycles. The summed E-state index contributed by atoms with van der Waals surface area (Å²) in [5.74, 6) is 0.00755. The molecule has 1 spiro atoms. The zero-order chi connectivity index (χ0) is 10.5. The number of hydrogen-bond donors (Lipinski definition) is 1. The molecule has 2 nitrogen and oxygen atoms in total. The fourth-order valence-electron chi connectivity index (χ4n) is 4.41.